The Hall–Kier alpha value is -8.47. The number of quaternary nitrogens is 1. The second kappa shape index (κ2) is 65.8. The molecule has 28 heteroatoms. The average molecular weight is 1730 g/mol. The van der Waals surface area contributed by atoms with Gasteiger partial charge in [-0.3, -0.25) is 54.5 Å². The van der Waals surface area contributed by atoms with E-state index in [0.29, 0.717) is 55.3 Å². The van der Waals surface area contributed by atoms with E-state index in [1.807, 2.05) is 84.9 Å². The normalized spacial score (nSPS) is 12.7. The number of rotatable bonds is 53. The number of hydrogen-bond donors (Lipinski definition) is 9. The number of esters is 2. The third-order valence-electron chi connectivity index (χ3n) is 17.3. The topological polar surface area (TPSA) is 370 Å². The molecule has 11 N–H and O–H groups in total. The van der Waals surface area contributed by atoms with Gasteiger partial charge in [-0.15, -0.1) is 12.4 Å². The summed E-state index contributed by atoms with van der Waals surface area (Å²) < 4.78 is 32.8. The summed E-state index contributed by atoms with van der Waals surface area (Å²) in [5, 5.41) is 54.8. The van der Waals surface area contributed by atoms with E-state index in [1.54, 1.807) is 13.8 Å². The number of alkyl halides is 1. The fourth-order valence-electron chi connectivity index (χ4n) is 10.8. The van der Waals surface area contributed by atoms with Crippen molar-refractivity contribution < 1.29 is 98.0 Å². The molecule has 0 heterocycles. The molecule has 636 valence electrons. The van der Waals surface area contributed by atoms with Crippen molar-refractivity contribution in [2.75, 3.05) is 57.3 Å². The number of aryl methyl sites for hydroxylation is 4. The summed E-state index contributed by atoms with van der Waals surface area (Å²) in [7, 11) is 0. The van der Waals surface area contributed by atoms with Crippen molar-refractivity contribution in [1.82, 2.24) is 16.0 Å². The number of benzene rings is 4. The minimum Gasteiger partial charge on any atom is -0.494 e. The Kier molecular flexibility index (Phi) is 62.1. The lowest BCUT2D eigenvalue weighted by molar-refractivity contribution is -0.472. The summed E-state index contributed by atoms with van der Waals surface area (Å²) in [4.78, 5) is 100. The van der Waals surface area contributed by atoms with E-state index in [0.717, 1.165) is 98.0 Å². The molecule has 6 unspecified atom stereocenters. The van der Waals surface area contributed by atoms with Crippen LogP contribution in [-0.4, -0.2) is 165 Å². The Balaban J connectivity index is 0. The van der Waals surface area contributed by atoms with Crippen molar-refractivity contribution >= 4 is 82.2 Å². The summed E-state index contributed by atoms with van der Waals surface area (Å²) in [5.41, 5.74) is 2.77. The number of aliphatic carboxylic acids is 1. The summed E-state index contributed by atoms with van der Waals surface area (Å²) in [6, 6.07) is 31.2. The lowest BCUT2D eigenvalue weighted by Gasteiger charge is -2.23. The molecule has 0 aromatic heterocycles. The van der Waals surface area contributed by atoms with Gasteiger partial charge in [0.2, 0.25) is 23.3 Å². The molecule has 4 rings (SSSR count). The second-order valence-electron chi connectivity index (χ2n) is 27.5. The maximum Gasteiger partial charge on any atom is 0.417 e. The number of Topliss-reactive ketones (excluding diaryl/α,β-unsaturated/α-hetero) is 2. The molecule has 3 amide bonds. The van der Waals surface area contributed by atoms with Crippen LogP contribution in [0, 0.1) is 19.7 Å². The largest absolute Gasteiger partial charge is 0.494 e. The standard InChI is InChI=1S/C23H32N2O5.C21H32N2O4.C19H31NO5.C16H23IO2.C7H10N2O3.ClH/c1-5-7-8-9-16-30-21-14-11-19(12-15-21)10-13-20(27)17-23(24-4,25-18(3)26)22(28)29-6-2;1-4-5-6-7-14-27-20-12-9-18(10-13-20)8-11-19(26)15-21(16-24,22-3)23-17(2)25;1-2-3-4-5-12-25-17-10-7-15(8-11-17)6-9-16(22)13-19(20,14-21)18(23)24;1-2-3-4-5-12-19-16-10-7-14(8-11-16)6-9-15(18)13-17;1-4-12-7(11)6(8-3)9-5(2)10;/h11-12,14-15H,5-10,13,16-17H2,1-3H3,(H,25,26);9-10,12-13,19,24,26H,4-8,11,14-16H2,1-2H3,(H,23,25);7-8,10-11,16,21-22H,2-6,9,12-14,20H2,1H3,(H,23,24);7-8,10-11H,2-6,9,12-13H2,1H3;6H,4H2,1-2H3,(H,9,10);1H/p+1. The molecule has 0 aliphatic rings. The monoisotopic (exact) mass is 1730 g/mol. The summed E-state index contributed by atoms with van der Waals surface area (Å²) in [6.07, 6.45) is 19.7. The quantitative estimate of drug-likeness (QED) is 0.00652. The van der Waals surface area contributed by atoms with E-state index in [9.17, 15) is 58.8 Å². The molecule has 0 radical (unpaired) electrons. The Bertz CT molecular complexity index is 3450. The van der Waals surface area contributed by atoms with Gasteiger partial charge < -0.3 is 59.7 Å². The maximum atomic E-state index is 12.4. The number of carbonyl (C=O) groups is 8. The smallest absolute Gasteiger partial charge is 0.417 e. The Morgan fingerprint density at radius 3 is 1.13 bits per heavy atom. The van der Waals surface area contributed by atoms with E-state index >= 15 is 0 Å². The van der Waals surface area contributed by atoms with Gasteiger partial charge in [-0.05, 0) is 149 Å². The number of ketones is 2. The number of unbranched alkanes of at least 4 members (excludes halogenated alkanes) is 12. The van der Waals surface area contributed by atoms with Gasteiger partial charge in [0.05, 0.1) is 62.7 Å². The van der Waals surface area contributed by atoms with Gasteiger partial charge in [0.25, 0.3) is 0 Å². The lowest BCUT2D eigenvalue weighted by Crippen LogP contribution is -2.79. The van der Waals surface area contributed by atoms with Crippen LogP contribution in [-0.2, 0) is 73.5 Å². The Morgan fingerprint density at radius 2 is 0.842 bits per heavy atom. The number of aliphatic hydroxyl groups is 4. The molecule has 6 atom stereocenters. The first-order chi connectivity index (χ1) is 54.1. The molecule has 0 saturated carbocycles. The molecule has 114 heavy (non-hydrogen) atoms. The van der Waals surface area contributed by atoms with Crippen LogP contribution in [0.1, 0.15) is 232 Å². The van der Waals surface area contributed by atoms with Gasteiger partial charge in [0.1, 0.15) is 54.2 Å². The molecule has 0 aliphatic heterocycles. The van der Waals surface area contributed by atoms with E-state index in [-0.39, 0.29) is 50.7 Å². The van der Waals surface area contributed by atoms with Crippen molar-refractivity contribution in [2.24, 2.45) is 0 Å². The molecule has 0 spiro atoms. The Labute approximate surface area is 696 Å². The number of nitrogens with zero attached hydrogens (tertiary/aromatic N) is 3. The zero-order valence-electron chi connectivity index (χ0n) is 68.7. The number of carboxylic acids is 1. The van der Waals surface area contributed by atoms with Crippen molar-refractivity contribution in [1.29, 1.82) is 0 Å². The highest BCUT2D eigenvalue weighted by Crippen LogP contribution is 2.24. The number of hydrogen-bond acceptors (Lipinski definition) is 18. The highest BCUT2D eigenvalue weighted by molar-refractivity contribution is 14.1. The van der Waals surface area contributed by atoms with Crippen LogP contribution in [0.4, 0.5) is 0 Å². The predicted octanol–water partition coefficient (Wildman–Crippen LogP) is 13.2. The minimum atomic E-state index is -2.01. The van der Waals surface area contributed by atoms with E-state index in [2.05, 4.69) is 103 Å². The summed E-state index contributed by atoms with van der Waals surface area (Å²) in [6.45, 7) is 38.9. The number of nitrogens with one attached hydrogen (secondary N) is 3. The van der Waals surface area contributed by atoms with E-state index in [4.69, 9.17) is 48.5 Å². The van der Waals surface area contributed by atoms with Gasteiger partial charge in [0.15, 0.2) is 0 Å². The predicted molar refractivity (Wildman–Crippen MR) is 451 cm³/mol. The second-order valence-corrected chi connectivity index (χ2v) is 28.2. The highest BCUT2D eigenvalue weighted by atomic mass is 127. The first kappa shape index (κ1) is 108. The van der Waals surface area contributed by atoms with Crippen LogP contribution < -0.4 is 40.6 Å². The zero-order chi connectivity index (χ0) is 84.7. The first-order valence-electron chi connectivity index (χ1n) is 39.5. The summed E-state index contributed by atoms with van der Waals surface area (Å²) >= 11 is 2.12. The maximum absolute atomic E-state index is 12.4. The number of carbonyl (C=O) groups excluding carboxylic acids is 7. The lowest BCUT2D eigenvalue weighted by atomic mass is 9.91. The van der Waals surface area contributed by atoms with Gasteiger partial charge >= 0.3 is 35.4 Å². The zero-order valence-corrected chi connectivity index (χ0v) is 71.7. The van der Waals surface area contributed by atoms with E-state index < -0.39 is 90.5 Å². The molecule has 0 saturated heterocycles. The van der Waals surface area contributed by atoms with Crippen LogP contribution in [0.25, 0.3) is 14.5 Å². The molecular formula is C86H130ClIN7O19+. The molecule has 4 aromatic rings. The molecule has 0 fully saturated rings. The van der Waals surface area contributed by atoms with Crippen LogP contribution in [0.5, 0.6) is 23.0 Å². The van der Waals surface area contributed by atoms with E-state index in [1.165, 1.54) is 97.0 Å². The number of halogens is 2. The van der Waals surface area contributed by atoms with Crippen molar-refractivity contribution in [3.63, 3.8) is 0 Å². The van der Waals surface area contributed by atoms with Gasteiger partial charge in [-0.1, -0.05) is 176 Å². The molecule has 26 nitrogen and oxygen atoms in total. The molecule has 4 aromatic carbocycles. The highest BCUT2D eigenvalue weighted by Gasteiger charge is 2.50. The Morgan fingerprint density at radius 1 is 0.482 bits per heavy atom. The summed E-state index contributed by atoms with van der Waals surface area (Å²) in [5.74, 6) is -0.819. The molecule has 0 bridgehead atoms. The third kappa shape index (κ3) is 50.7. The average Bonchev–Trinajstić information content (AvgIpc) is 0.829. The molecular weight excluding hydrogens is 1600 g/mol. The third-order valence-corrected chi connectivity index (χ3v) is 18.1. The molecule has 0 aliphatic carbocycles. The minimum absolute atomic E-state index is 0. The van der Waals surface area contributed by atoms with Gasteiger partial charge in [-0.2, -0.15) is 0 Å². The SMILES string of the molecule is CCCCCCOc1ccc(CCC(=O)CI)cc1.CCCCCCOc1ccc(CCC(O)CC([NH3+])(CO)C(=O)O)cc1.Cl.[C-]#[N+]C(CC(=O)CCc1ccc(OCCCCCC)cc1)(NC(C)=O)C(=O)OCC.[C-]#[N+]C(CO)(CC(O)CCc1ccc(OCCCCCC)cc1)NC(C)=O.[C-]#[N+]C(NC(C)=O)C(=O)OCC. The van der Waals surface area contributed by atoms with Gasteiger partial charge in [0, 0.05) is 40.0 Å². The number of aliphatic hydroxyl groups excluding tert-OH is 4. The van der Waals surface area contributed by atoms with Crippen LogP contribution in [0.3, 0.4) is 0 Å². The van der Waals surface area contributed by atoms with Gasteiger partial charge in [-0.25, -0.2) is 34.1 Å². The number of carboxylic acid groups (broad SMARTS) is 1. The number of ether oxygens (including phenoxy) is 6. The van der Waals surface area contributed by atoms with Crippen molar-refractivity contribution in [3.05, 3.63) is 154 Å². The van der Waals surface area contributed by atoms with Crippen molar-refractivity contribution in [2.45, 2.75) is 271 Å². The van der Waals surface area contributed by atoms with Crippen LogP contribution in [0.15, 0.2) is 97.1 Å². The van der Waals surface area contributed by atoms with Crippen LogP contribution >= 0.6 is 35.0 Å². The van der Waals surface area contributed by atoms with Crippen molar-refractivity contribution in [3.8, 4) is 23.0 Å². The van der Waals surface area contributed by atoms with Crippen LogP contribution in [0.2, 0.25) is 0 Å². The first-order valence-corrected chi connectivity index (χ1v) is 41.1. The fraction of sp³-hybridized carbons (Fsp3) is 0.593. The number of amides is 3. The fourth-order valence-corrected chi connectivity index (χ4v) is 11.2.